The maximum atomic E-state index is 13.6. The second kappa shape index (κ2) is 7.81. The zero-order valence-electron chi connectivity index (χ0n) is 13.2. The summed E-state index contributed by atoms with van der Waals surface area (Å²) in [6.07, 6.45) is 9.68. The van der Waals surface area contributed by atoms with Gasteiger partial charge in [0.2, 0.25) is 5.95 Å². The average Bonchev–Trinajstić information content (AvgIpc) is 2.59. The molecular weight excluding hydrogens is 312 g/mol. The number of hydrogen-bond donors (Lipinski definition) is 2. The molecule has 5 nitrogen and oxygen atoms in total. The Labute approximate surface area is 139 Å². The maximum absolute atomic E-state index is 13.6. The molecule has 0 fully saturated rings. The first-order valence-corrected chi connectivity index (χ1v) is 8.04. The lowest BCUT2D eigenvalue weighted by molar-refractivity contribution is 0.586. The highest BCUT2D eigenvalue weighted by molar-refractivity contribution is 5.54. The molecule has 0 aliphatic heterocycles. The summed E-state index contributed by atoms with van der Waals surface area (Å²) in [4.78, 5) is 4.24. The highest BCUT2D eigenvalue weighted by Crippen LogP contribution is 2.21. The molecule has 0 radical (unpaired) electrons. The Morgan fingerprint density at radius 2 is 2.08 bits per heavy atom. The van der Waals surface area contributed by atoms with Crippen molar-refractivity contribution in [2.45, 2.75) is 32.1 Å². The normalized spacial score (nSPS) is 14.2. The Morgan fingerprint density at radius 1 is 1.17 bits per heavy atom. The molecule has 1 aromatic heterocycles. The molecule has 1 aliphatic rings. The fraction of sp³-hybridized carbons (Fsp3) is 0.353. The number of anilines is 3. The first kappa shape index (κ1) is 16.3. The maximum Gasteiger partial charge on any atom is 0.249 e. The topological polar surface area (TPSA) is 62.7 Å². The van der Waals surface area contributed by atoms with E-state index in [9.17, 15) is 8.78 Å². The monoisotopic (exact) mass is 331 g/mol. The first-order valence-electron chi connectivity index (χ1n) is 8.04. The predicted octanol–water partition coefficient (Wildman–Crippen LogP) is 4.20. The van der Waals surface area contributed by atoms with E-state index in [0.717, 1.165) is 19.0 Å². The van der Waals surface area contributed by atoms with Gasteiger partial charge in [0.1, 0.15) is 11.6 Å². The van der Waals surface area contributed by atoms with Gasteiger partial charge in [-0.05, 0) is 44.2 Å². The van der Waals surface area contributed by atoms with Crippen molar-refractivity contribution < 1.29 is 8.78 Å². The number of halogens is 2. The molecule has 2 aromatic rings. The van der Waals surface area contributed by atoms with Crippen LogP contribution in [0.15, 0.2) is 36.0 Å². The van der Waals surface area contributed by atoms with Crippen molar-refractivity contribution in [3.05, 3.63) is 47.7 Å². The highest BCUT2D eigenvalue weighted by atomic mass is 19.1. The second-order valence-corrected chi connectivity index (χ2v) is 5.70. The molecule has 24 heavy (non-hydrogen) atoms. The van der Waals surface area contributed by atoms with Crippen LogP contribution in [0.5, 0.6) is 0 Å². The van der Waals surface area contributed by atoms with Crippen LogP contribution in [0, 0.1) is 11.6 Å². The van der Waals surface area contributed by atoms with Gasteiger partial charge in [-0.15, -0.1) is 5.10 Å². The van der Waals surface area contributed by atoms with E-state index in [2.05, 4.69) is 31.9 Å². The van der Waals surface area contributed by atoms with Crippen molar-refractivity contribution in [3.63, 3.8) is 0 Å². The van der Waals surface area contributed by atoms with E-state index in [0.29, 0.717) is 5.82 Å². The minimum absolute atomic E-state index is 0.0997. The molecule has 1 heterocycles. The van der Waals surface area contributed by atoms with Gasteiger partial charge >= 0.3 is 0 Å². The average molecular weight is 331 g/mol. The summed E-state index contributed by atoms with van der Waals surface area (Å²) < 4.78 is 26.6. The van der Waals surface area contributed by atoms with Gasteiger partial charge in [0.25, 0.3) is 0 Å². The Morgan fingerprint density at radius 3 is 2.88 bits per heavy atom. The van der Waals surface area contributed by atoms with Crippen LogP contribution in [0.1, 0.15) is 32.1 Å². The molecular formula is C17H19F2N5. The first-order chi connectivity index (χ1) is 11.7. The van der Waals surface area contributed by atoms with Gasteiger partial charge in [-0.1, -0.05) is 11.6 Å². The number of allylic oxidation sites excluding steroid dienone is 1. The third-order valence-electron chi connectivity index (χ3n) is 3.87. The number of hydrogen-bond acceptors (Lipinski definition) is 5. The van der Waals surface area contributed by atoms with Crippen LogP contribution in [0.4, 0.5) is 26.2 Å². The minimum atomic E-state index is -0.707. The smallest absolute Gasteiger partial charge is 0.249 e. The van der Waals surface area contributed by atoms with Gasteiger partial charge in [-0.3, -0.25) is 0 Å². The van der Waals surface area contributed by atoms with Crippen LogP contribution in [0.2, 0.25) is 0 Å². The lowest BCUT2D eigenvalue weighted by Gasteiger charge is -2.13. The van der Waals surface area contributed by atoms with Gasteiger partial charge in [0.05, 0.1) is 11.9 Å². The number of nitrogens with one attached hydrogen (secondary N) is 2. The number of rotatable bonds is 6. The molecule has 0 unspecified atom stereocenters. The molecule has 0 saturated heterocycles. The summed E-state index contributed by atoms with van der Waals surface area (Å²) in [6.45, 7) is 0.759. The predicted molar refractivity (Wildman–Crippen MR) is 89.1 cm³/mol. The van der Waals surface area contributed by atoms with Crippen LogP contribution in [-0.2, 0) is 0 Å². The minimum Gasteiger partial charge on any atom is -0.368 e. The molecule has 126 valence electrons. The van der Waals surface area contributed by atoms with E-state index in [-0.39, 0.29) is 11.6 Å². The fourth-order valence-corrected chi connectivity index (χ4v) is 2.64. The largest absolute Gasteiger partial charge is 0.368 e. The van der Waals surface area contributed by atoms with Crippen molar-refractivity contribution in [2.75, 3.05) is 17.2 Å². The second-order valence-electron chi connectivity index (χ2n) is 5.70. The van der Waals surface area contributed by atoms with Crippen molar-refractivity contribution >= 4 is 17.5 Å². The van der Waals surface area contributed by atoms with E-state index in [1.165, 1.54) is 49.6 Å². The van der Waals surface area contributed by atoms with E-state index >= 15 is 0 Å². The highest BCUT2D eigenvalue weighted by Gasteiger charge is 2.07. The Balaban J connectivity index is 1.58. The van der Waals surface area contributed by atoms with Crippen LogP contribution in [-0.4, -0.2) is 21.7 Å². The molecule has 7 heteroatoms. The zero-order valence-corrected chi connectivity index (χ0v) is 13.2. The van der Waals surface area contributed by atoms with Gasteiger partial charge in [-0.2, -0.15) is 10.1 Å². The van der Waals surface area contributed by atoms with Gasteiger partial charge in [-0.25, -0.2) is 8.78 Å². The summed E-state index contributed by atoms with van der Waals surface area (Å²) in [7, 11) is 0. The zero-order chi connectivity index (χ0) is 16.8. The standard InChI is InChI=1S/C17H19F2N5/c18-13-6-7-15(14(19)10-13)22-17-23-16(11-21-24-17)20-9-8-12-4-2-1-3-5-12/h4,6-7,10-11H,1-3,5,8-9H2,(H2,20,22,23,24). The third-order valence-corrected chi connectivity index (χ3v) is 3.87. The molecule has 0 spiro atoms. The van der Waals surface area contributed by atoms with Crippen LogP contribution in [0.25, 0.3) is 0 Å². The lowest BCUT2D eigenvalue weighted by Crippen LogP contribution is -2.08. The van der Waals surface area contributed by atoms with E-state index in [4.69, 9.17) is 0 Å². The molecule has 3 rings (SSSR count). The Bertz CT molecular complexity index is 733. The molecule has 0 bridgehead atoms. The van der Waals surface area contributed by atoms with E-state index < -0.39 is 11.6 Å². The van der Waals surface area contributed by atoms with Crippen molar-refractivity contribution in [1.29, 1.82) is 0 Å². The van der Waals surface area contributed by atoms with Crippen molar-refractivity contribution in [2.24, 2.45) is 0 Å². The summed E-state index contributed by atoms with van der Waals surface area (Å²) in [6, 6.07) is 3.26. The van der Waals surface area contributed by atoms with Crippen LogP contribution < -0.4 is 10.6 Å². The SMILES string of the molecule is Fc1ccc(Nc2nncc(NCCC3=CCCCC3)n2)c(F)c1. The summed E-state index contributed by atoms with van der Waals surface area (Å²) in [5, 5.41) is 13.6. The number of nitrogens with zero attached hydrogens (tertiary/aromatic N) is 3. The molecule has 1 aromatic carbocycles. The molecule has 0 saturated carbocycles. The van der Waals surface area contributed by atoms with E-state index in [1.54, 1.807) is 0 Å². The third kappa shape index (κ3) is 4.47. The Hall–Kier alpha value is -2.57. The van der Waals surface area contributed by atoms with Gasteiger partial charge in [0, 0.05) is 12.6 Å². The summed E-state index contributed by atoms with van der Waals surface area (Å²) in [5.41, 5.74) is 1.57. The van der Waals surface area contributed by atoms with E-state index in [1.807, 2.05) is 0 Å². The lowest BCUT2D eigenvalue weighted by atomic mass is 9.97. The molecule has 0 amide bonds. The number of benzene rings is 1. The van der Waals surface area contributed by atoms with Crippen LogP contribution >= 0.6 is 0 Å². The quantitative estimate of drug-likeness (QED) is 0.777. The van der Waals surface area contributed by atoms with Gasteiger partial charge < -0.3 is 10.6 Å². The van der Waals surface area contributed by atoms with Crippen LogP contribution in [0.3, 0.4) is 0 Å². The summed E-state index contributed by atoms with van der Waals surface area (Å²) in [5.74, 6) is -0.625. The number of aromatic nitrogens is 3. The van der Waals surface area contributed by atoms with Gasteiger partial charge in [0.15, 0.2) is 5.82 Å². The molecule has 1 aliphatic carbocycles. The Kier molecular flexibility index (Phi) is 5.30. The molecule has 0 atom stereocenters. The van der Waals surface area contributed by atoms with Crippen molar-refractivity contribution in [1.82, 2.24) is 15.2 Å². The molecule has 2 N–H and O–H groups in total. The summed E-state index contributed by atoms with van der Waals surface area (Å²) >= 11 is 0. The fourth-order valence-electron chi connectivity index (χ4n) is 2.64. The van der Waals surface area contributed by atoms with Crippen molar-refractivity contribution in [3.8, 4) is 0 Å².